The smallest absolute Gasteiger partial charge is 0.224 e. The van der Waals surface area contributed by atoms with Crippen LogP contribution in [0, 0.1) is 0 Å². The van der Waals surface area contributed by atoms with Crippen LogP contribution in [0.3, 0.4) is 0 Å². The summed E-state index contributed by atoms with van der Waals surface area (Å²) < 4.78 is 6.26. The van der Waals surface area contributed by atoms with Crippen molar-refractivity contribution in [2.75, 3.05) is 11.9 Å². The number of hydrogen-bond donors (Lipinski definition) is 1. The van der Waals surface area contributed by atoms with Gasteiger partial charge in [-0.05, 0) is 53.7 Å². The zero-order valence-corrected chi connectivity index (χ0v) is 11.8. The van der Waals surface area contributed by atoms with Crippen LogP contribution in [-0.4, -0.2) is 23.6 Å². The second kappa shape index (κ2) is 6.85. The molecule has 0 saturated carbocycles. The second-order valence-electron chi connectivity index (χ2n) is 4.42. The van der Waals surface area contributed by atoms with Gasteiger partial charge in [-0.1, -0.05) is 0 Å². The molecule has 0 radical (unpaired) electrons. The van der Waals surface area contributed by atoms with Crippen molar-refractivity contribution < 1.29 is 9.53 Å². The van der Waals surface area contributed by atoms with Gasteiger partial charge >= 0.3 is 0 Å². The SMILES string of the molecule is O=C(CCC1CCCCO1)Nc1cccnc1Br. The highest BCUT2D eigenvalue weighted by molar-refractivity contribution is 9.10. The molecule has 1 aromatic heterocycles. The Morgan fingerprint density at radius 2 is 2.44 bits per heavy atom. The van der Waals surface area contributed by atoms with Crippen LogP contribution in [-0.2, 0) is 9.53 Å². The number of anilines is 1. The highest BCUT2D eigenvalue weighted by Gasteiger charge is 2.15. The highest BCUT2D eigenvalue weighted by Crippen LogP contribution is 2.20. The molecule has 1 N–H and O–H groups in total. The molecular weight excluding hydrogens is 296 g/mol. The number of nitrogens with one attached hydrogen (secondary N) is 1. The van der Waals surface area contributed by atoms with Gasteiger partial charge in [0.1, 0.15) is 4.60 Å². The average Bonchev–Trinajstić information content (AvgIpc) is 2.40. The van der Waals surface area contributed by atoms with Crippen LogP contribution in [0.5, 0.6) is 0 Å². The Balaban J connectivity index is 1.76. The molecule has 1 aliphatic heterocycles. The van der Waals surface area contributed by atoms with E-state index in [1.807, 2.05) is 6.07 Å². The molecular formula is C13H17BrN2O2. The fourth-order valence-electron chi connectivity index (χ4n) is 2.02. The van der Waals surface area contributed by atoms with Crippen LogP contribution in [0.25, 0.3) is 0 Å². The third kappa shape index (κ3) is 4.07. The largest absolute Gasteiger partial charge is 0.378 e. The van der Waals surface area contributed by atoms with Crippen LogP contribution in [0.2, 0.25) is 0 Å². The maximum atomic E-state index is 11.8. The minimum atomic E-state index is 0.0119. The van der Waals surface area contributed by atoms with Crippen LogP contribution in [0.4, 0.5) is 5.69 Å². The number of carbonyl (C=O) groups is 1. The zero-order chi connectivity index (χ0) is 12.8. The maximum absolute atomic E-state index is 11.8. The minimum absolute atomic E-state index is 0.0119. The molecule has 4 nitrogen and oxygen atoms in total. The van der Waals surface area contributed by atoms with Crippen molar-refractivity contribution in [3.05, 3.63) is 22.9 Å². The molecule has 1 saturated heterocycles. The Kier molecular flexibility index (Phi) is 5.13. The molecule has 1 unspecified atom stereocenters. The summed E-state index contributed by atoms with van der Waals surface area (Å²) >= 11 is 3.30. The van der Waals surface area contributed by atoms with Gasteiger partial charge in [0, 0.05) is 19.2 Å². The van der Waals surface area contributed by atoms with Crippen molar-refractivity contribution in [1.82, 2.24) is 4.98 Å². The number of ether oxygens (including phenoxy) is 1. The molecule has 1 aromatic rings. The molecule has 1 fully saturated rings. The number of hydrogen-bond acceptors (Lipinski definition) is 3. The van der Waals surface area contributed by atoms with Gasteiger partial charge in [0.15, 0.2) is 0 Å². The van der Waals surface area contributed by atoms with E-state index < -0.39 is 0 Å². The van der Waals surface area contributed by atoms with E-state index in [9.17, 15) is 4.79 Å². The number of aromatic nitrogens is 1. The van der Waals surface area contributed by atoms with Crippen LogP contribution >= 0.6 is 15.9 Å². The first-order valence-electron chi connectivity index (χ1n) is 6.27. The molecule has 2 heterocycles. The van der Waals surface area contributed by atoms with E-state index in [-0.39, 0.29) is 12.0 Å². The standard InChI is InChI=1S/C13H17BrN2O2/c14-13-11(5-3-8-15-13)16-12(17)7-6-10-4-1-2-9-18-10/h3,5,8,10H,1-2,4,6-7,9H2,(H,16,17). The molecule has 1 amide bonds. The molecule has 2 rings (SSSR count). The van der Waals surface area contributed by atoms with E-state index in [1.165, 1.54) is 6.42 Å². The summed E-state index contributed by atoms with van der Waals surface area (Å²) in [6.45, 7) is 0.834. The summed E-state index contributed by atoms with van der Waals surface area (Å²) in [7, 11) is 0. The van der Waals surface area contributed by atoms with Crippen molar-refractivity contribution in [2.45, 2.75) is 38.2 Å². The number of amides is 1. The van der Waals surface area contributed by atoms with Gasteiger partial charge in [0.2, 0.25) is 5.91 Å². The average molecular weight is 313 g/mol. The molecule has 5 heteroatoms. The predicted molar refractivity (Wildman–Crippen MR) is 73.4 cm³/mol. The Hall–Kier alpha value is -0.940. The second-order valence-corrected chi connectivity index (χ2v) is 5.17. The molecule has 98 valence electrons. The summed E-state index contributed by atoms with van der Waals surface area (Å²) in [4.78, 5) is 15.9. The Morgan fingerprint density at radius 1 is 1.56 bits per heavy atom. The van der Waals surface area contributed by atoms with Gasteiger partial charge in [0.25, 0.3) is 0 Å². The van der Waals surface area contributed by atoms with Crippen LogP contribution in [0.15, 0.2) is 22.9 Å². The lowest BCUT2D eigenvalue weighted by atomic mass is 10.0. The minimum Gasteiger partial charge on any atom is -0.378 e. The van der Waals surface area contributed by atoms with E-state index in [1.54, 1.807) is 12.3 Å². The maximum Gasteiger partial charge on any atom is 0.224 e. The number of carbonyl (C=O) groups excluding carboxylic acids is 1. The normalized spacial score (nSPS) is 19.5. The van der Waals surface area contributed by atoms with Crippen molar-refractivity contribution in [1.29, 1.82) is 0 Å². The van der Waals surface area contributed by atoms with E-state index in [4.69, 9.17) is 4.74 Å². The van der Waals surface area contributed by atoms with Gasteiger partial charge in [-0.25, -0.2) is 4.98 Å². The summed E-state index contributed by atoms with van der Waals surface area (Å²) in [6, 6.07) is 3.62. The van der Waals surface area contributed by atoms with E-state index in [0.29, 0.717) is 16.7 Å². The molecule has 0 aliphatic carbocycles. The van der Waals surface area contributed by atoms with Gasteiger partial charge in [0.05, 0.1) is 11.8 Å². The monoisotopic (exact) mass is 312 g/mol. The summed E-state index contributed by atoms with van der Waals surface area (Å²) in [5, 5.41) is 2.85. The van der Waals surface area contributed by atoms with Crippen LogP contribution in [0.1, 0.15) is 32.1 Å². The van der Waals surface area contributed by atoms with Gasteiger partial charge in [-0.3, -0.25) is 4.79 Å². The highest BCUT2D eigenvalue weighted by atomic mass is 79.9. The Bertz CT molecular complexity index is 406. The third-order valence-electron chi connectivity index (χ3n) is 3.00. The van der Waals surface area contributed by atoms with Gasteiger partial charge in [-0.15, -0.1) is 0 Å². The first-order chi connectivity index (χ1) is 8.75. The molecule has 0 spiro atoms. The summed E-state index contributed by atoms with van der Waals surface area (Å²) in [5.41, 5.74) is 0.715. The molecule has 1 aliphatic rings. The lowest BCUT2D eigenvalue weighted by Gasteiger charge is -2.22. The van der Waals surface area contributed by atoms with E-state index in [0.717, 1.165) is 25.9 Å². The van der Waals surface area contributed by atoms with Crippen molar-refractivity contribution in [3.63, 3.8) is 0 Å². The zero-order valence-electron chi connectivity index (χ0n) is 10.2. The number of halogens is 1. The van der Waals surface area contributed by atoms with Gasteiger partial charge < -0.3 is 10.1 Å². The fourth-order valence-corrected chi connectivity index (χ4v) is 2.37. The fraction of sp³-hybridized carbons (Fsp3) is 0.538. The first-order valence-corrected chi connectivity index (χ1v) is 7.07. The van der Waals surface area contributed by atoms with E-state index >= 15 is 0 Å². The Morgan fingerprint density at radius 3 is 3.17 bits per heavy atom. The van der Waals surface area contributed by atoms with E-state index in [2.05, 4.69) is 26.2 Å². The molecule has 0 aromatic carbocycles. The topological polar surface area (TPSA) is 51.2 Å². The molecule has 18 heavy (non-hydrogen) atoms. The predicted octanol–water partition coefficient (Wildman–Crippen LogP) is 3.13. The number of nitrogens with zero attached hydrogens (tertiary/aromatic N) is 1. The lowest BCUT2D eigenvalue weighted by molar-refractivity contribution is -0.117. The third-order valence-corrected chi connectivity index (χ3v) is 3.63. The number of pyridine rings is 1. The summed E-state index contributed by atoms with van der Waals surface area (Å²) in [6.07, 6.45) is 6.64. The Labute approximate surface area is 115 Å². The quantitative estimate of drug-likeness (QED) is 0.869. The number of rotatable bonds is 4. The van der Waals surface area contributed by atoms with Crippen molar-refractivity contribution >= 4 is 27.5 Å². The van der Waals surface area contributed by atoms with Crippen LogP contribution < -0.4 is 5.32 Å². The molecule has 1 atom stereocenters. The van der Waals surface area contributed by atoms with Crippen molar-refractivity contribution in [2.24, 2.45) is 0 Å². The van der Waals surface area contributed by atoms with Crippen molar-refractivity contribution in [3.8, 4) is 0 Å². The first kappa shape index (κ1) is 13.5. The molecule has 0 bridgehead atoms. The van der Waals surface area contributed by atoms with Gasteiger partial charge in [-0.2, -0.15) is 0 Å². The lowest BCUT2D eigenvalue weighted by Crippen LogP contribution is -2.21. The summed E-state index contributed by atoms with van der Waals surface area (Å²) in [5.74, 6) is 0.0119.